The van der Waals surface area contributed by atoms with E-state index in [-0.39, 0.29) is 0 Å². The lowest BCUT2D eigenvalue weighted by molar-refractivity contribution is 1.46. The zero-order chi connectivity index (χ0) is 9.14. The Morgan fingerprint density at radius 3 is 2.58 bits per heavy atom. The summed E-state index contributed by atoms with van der Waals surface area (Å²) in [4.78, 5) is 2.01. The van der Waals surface area contributed by atoms with Gasteiger partial charge in [0.05, 0.1) is 5.02 Å². The molecule has 0 radical (unpaired) electrons. The van der Waals surface area contributed by atoms with E-state index in [9.17, 15) is 0 Å². The van der Waals surface area contributed by atoms with Crippen molar-refractivity contribution in [2.45, 2.75) is 11.8 Å². The van der Waals surface area contributed by atoms with Crippen molar-refractivity contribution in [2.75, 3.05) is 0 Å². The van der Waals surface area contributed by atoms with E-state index in [0.717, 1.165) is 9.80 Å². The Kier molecular flexibility index (Phi) is 3.51. The molecule has 12 heavy (non-hydrogen) atoms. The summed E-state index contributed by atoms with van der Waals surface area (Å²) in [6.07, 6.45) is 0. The van der Waals surface area contributed by atoms with Gasteiger partial charge in [0.25, 0.3) is 0 Å². The zero-order valence-corrected chi connectivity index (χ0v) is 8.93. The highest BCUT2D eigenvalue weighted by molar-refractivity contribution is 8.03. The van der Waals surface area contributed by atoms with Crippen LogP contribution >= 0.6 is 35.0 Å². The molecule has 1 aromatic rings. The second kappa shape index (κ2) is 4.22. The molecule has 1 aromatic carbocycles. The molecule has 3 heteroatoms. The van der Waals surface area contributed by atoms with Crippen LogP contribution in [0.1, 0.15) is 6.92 Å². The van der Waals surface area contributed by atoms with Crippen LogP contribution in [0, 0.1) is 0 Å². The third-order valence-electron chi connectivity index (χ3n) is 1.18. The van der Waals surface area contributed by atoms with Crippen LogP contribution in [0.5, 0.6) is 0 Å². The zero-order valence-electron chi connectivity index (χ0n) is 6.60. The molecule has 0 saturated heterocycles. The Morgan fingerprint density at radius 2 is 2.08 bits per heavy atom. The van der Waals surface area contributed by atoms with E-state index in [1.54, 1.807) is 17.8 Å². The largest absolute Gasteiger partial charge is 0.0939 e. The summed E-state index contributed by atoms with van der Waals surface area (Å²) in [5, 5.41) is 1.33. The first kappa shape index (κ1) is 9.97. The summed E-state index contributed by atoms with van der Waals surface area (Å²) in [5.74, 6) is 0. The lowest BCUT2D eigenvalue weighted by atomic mass is 10.4. The second-order valence-electron chi connectivity index (χ2n) is 2.38. The molecule has 0 aliphatic rings. The number of rotatable bonds is 2. The van der Waals surface area contributed by atoms with Crippen molar-refractivity contribution in [3.63, 3.8) is 0 Å². The van der Waals surface area contributed by atoms with E-state index in [0.29, 0.717) is 10.0 Å². The van der Waals surface area contributed by atoms with Crippen molar-refractivity contribution in [3.05, 3.63) is 39.7 Å². The molecule has 0 fully saturated rings. The Balaban J connectivity index is 2.93. The van der Waals surface area contributed by atoms with E-state index in [1.165, 1.54) is 0 Å². The maximum Gasteiger partial charge on any atom is 0.0560 e. The minimum absolute atomic E-state index is 0.658. The average molecular weight is 219 g/mol. The van der Waals surface area contributed by atoms with Crippen molar-refractivity contribution in [2.24, 2.45) is 0 Å². The summed E-state index contributed by atoms with van der Waals surface area (Å²) >= 11 is 13.2. The van der Waals surface area contributed by atoms with Gasteiger partial charge in [0.1, 0.15) is 0 Å². The Bertz CT molecular complexity index is 307. The monoisotopic (exact) mass is 218 g/mol. The molecule has 0 aliphatic heterocycles. The van der Waals surface area contributed by atoms with Crippen LogP contribution in [0.3, 0.4) is 0 Å². The molecule has 0 bridgehead atoms. The molecule has 0 heterocycles. The molecular formula is C9H8Cl2S. The lowest BCUT2D eigenvalue weighted by Crippen LogP contribution is -1.73. The molecule has 0 nitrogen and oxygen atoms in total. The van der Waals surface area contributed by atoms with Gasteiger partial charge in [-0.15, -0.1) is 0 Å². The lowest BCUT2D eigenvalue weighted by Gasteiger charge is -2.02. The number of benzene rings is 1. The molecule has 0 aromatic heterocycles. The molecule has 0 unspecified atom stereocenters. The number of allylic oxidation sites excluding steroid dienone is 1. The van der Waals surface area contributed by atoms with Crippen LogP contribution in [-0.4, -0.2) is 0 Å². The maximum atomic E-state index is 5.93. The fourth-order valence-electron chi connectivity index (χ4n) is 0.746. The SMILES string of the molecule is C=C(C)Sc1ccc(Cl)cc1Cl. The summed E-state index contributed by atoms with van der Waals surface area (Å²) in [6, 6.07) is 5.44. The fraction of sp³-hybridized carbons (Fsp3) is 0.111. The quantitative estimate of drug-likeness (QED) is 0.654. The number of thioether (sulfide) groups is 1. The molecule has 0 aliphatic carbocycles. The van der Waals surface area contributed by atoms with Crippen LogP contribution in [0.4, 0.5) is 0 Å². The van der Waals surface area contributed by atoms with Crippen molar-refractivity contribution < 1.29 is 0 Å². The summed E-state index contributed by atoms with van der Waals surface area (Å²) in [6.45, 7) is 5.73. The van der Waals surface area contributed by atoms with Crippen molar-refractivity contribution in [1.82, 2.24) is 0 Å². The van der Waals surface area contributed by atoms with Crippen LogP contribution in [0.15, 0.2) is 34.6 Å². The van der Waals surface area contributed by atoms with E-state index < -0.39 is 0 Å². The van der Waals surface area contributed by atoms with Crippen molar-refractivity contribution >= 4 is 35.0 Å². The second-order valence-corrected chi connectivity index (χ2v) is 4.56. The molecule has 0 spiro atoms. The number of halogens is 2. The standard InChI is InChI=1S/C9H8Cl2S/c1-6(2)12-9-4-3-7(10)5-8(9)11/h3-5H,1H2,2H3. The Labute approximate surface area is 86.6 Å². The first-order valence-electron chi connectivity index (χ1n) is 3.38. The highest BCUT2D eigenvalue weighted by atomic mass is 35.5. The van der Waals surface area contributed by atoms with Gasteiger partial charge in [-0.25, -0.2) is 0 Å². The topological polar surface area (TPSA) is 0 Å². The molecule has 0 N–H and O–H groups in total. The number of hydrogen-bond donors (Lipinski definition) is 0. The van der Waals surface area contributed by atoms with Crippen molar-refractivity contribution in [3.8, 4) is 0 Å². The normalized spacial score (nSPS) is 9.92. The first-order valence-corrected chi connectivity index (χ1v) is 4.95. The smallest absolute Gasteiger partial charge is 0.0560 e. The number of hydrogen-bond acceptors (Lipinski definition) is 1. The molecule has 1 rings (SSSR count). The van der Waals surface area contributed by atoms with Gasteiger partial charge in [0, 0.05) is 9.92 Å². The highest BCUT2D eigenvalue weighted by Crippen LogP contribution is 2.32. The van der Waals surface area contributed by atoms with E-state index in [4.69, 9.17) is 23.2 Å². The van der Waals surface area contributed by atoms with Crippen LogP contribution in [0.2, 0.25) is 10.0 Å². The van der Waals surface area contributed by atoms with Gasteiger partial charge in [0.2, 0.25) is 0 Å². The first-order chi connectivity index (χ1) is 5.59. The minimum Gasteiger partial charge on any atom is -0.0939 e. The fourth-order valence-corrected chi connectivity index (χ4v) is 1.94. The predicted octanol–water partition coefficient (Wildman–Crippen LogP) is 4.62. The molecule has 64 valence electrons. The van der Waals surface area contributed by atoms with Gasteiger partial charge in [0.15, 0.2) is 0 Å². The summed E-state index contributed by atoms with van der Waals surface area (Å²) in [5.41, 5.74) is 0. The van der Waals surface area contributed by atoms with E-state index in [1.807, 2.05) is 19.1 Å². The Hall–Kier alpha value is -0.110. The van der Waals surface area contributed by atoms with Crippen LogP contribution in [-0.2, 0) is 0 Å². The van der Waals surface area contributed by atoms with E-state index in [2.05, 4.69) is 6.58 Å². The third-order valence-corrected chi connectivity index (χ3v) is 2.76. The van der Waals surface area contributed by atoms with Crippen LogP contribution in [0.25, 0.3) is 0 Å². The molecular weight excluding hydrogens is 211 g/mol. The minimum atomic E-state index is 0.658. The van der Waals surface area contributed by atoms with Gasteiger partial charge in [-0.3, -0.25) is 0 Å². The summed E-state index contributed by atoms with van der Waals surface area (Å²) < 4.78 is 0. The Morgan fingerprint density at radius 1 is 1.42 bits per heavy atom. The maximum absolute atomic E-state index is 5.93. The third kappa shape index (κ3) is 2.74. The van der Waals surface area contributed by atoms with Gasteiger partial charge in [-0.05, 0) is 30.0 Å². The predicted molar refractivity (Wildman–Crippen MR) is 57.1 cm³/mol. The van der Waals surface area contributed by atoms with Crippen molar-refractivity contribution in [1.29, 1.82) is 0 Å². The average Bonchev–Trinajstić information content (AvgIpc) is 1.94. The molecule has 0 amide bonds. The van der Waals surface area contributed by atoms with Gasteiger partial charge in [-0.2, -0.15) is 0 Å². The highest BCUT2D eigenvalue weighted by Gasteiger charge is 2.01. The van der Waals surface area contributed by atoms with Gasteiger partial charge < -0.3 is 0 Å². The van der Waals surface area contributed by atoms with Crippen LogP contribution < -0.4 is 0 Å². The molecule has 0 atom stereocenters. The van der Waals surface area contributed by atoms with E-state index >= 15 is 0 Å². The molecule has 0 saturated carbocycles. The summed E-state index contributed by atoms with van der Waals surface area (Å²) in [7, 11) is 0. The van der Waals surface area contributed by atoms with Gasteiger partial charge in [-0.1, -0.05) is 41.5 Å². The van der Waals surface area contributed by atoms with Gasteiger partial charge >= 0.3 is 0 Å².